The smallest absolute Gasteiger partial charge is 0.140 e. The minimum absolute atomic E-state index is 0.0285. The van der Waals surface area contributed by atoms with Crippen LogP contribution in [0.4, 0.5) is 0 Å². The molecule has 0 bridgehead atoms. The molecule has 0 aliphatic rings. The van der Waals surface area contributed by atoms with E-state index in [1.54, 1.807) is 13.0 Å². The molecule has 0 heterocycles. The lowest BCUT2D eigenvalue weighted by Gasteiger charge is -2.11. The molecule has 0 aromatic heterocycles. The van der Waals surface area contributed by atoms with Crippen LogP contribution < -0.4 is 5.73 Å². The van der Waals surface area contributed by atoms with E-state index < -0.39 is 0 Å². The van der Waals surface area contributed by atoms with Crippen molar-refractivity contribution in [2.45, 2.75) is 13.0 Å². The average Bonchev–Trinajstić information content (AvgIpc) is 1.97. The summed E-state index contributed by atoms with van der Waals surface area (Å²) in [4.78, 5) is 0. The van der Waals surface area contributed by atoms with E-state index in [0.717, 1.165) is 0 Å². The van der Waals surface area contributed by atoms with Crippen molar-refractivity contribution in [3.63, 3.8) is 0 Å². The van der Waals surface area contributed by atoms with Crippen molar-refractivity contribution in [2.75, 3.05) is 0 Å². The highest BCUT2D eigenvalue weighted by Crippen LogP contribution is 2.35. The zero-order valence-electron chi connectivity index (χ0n) is 6.51. The second-order valence-corrected chi connectivity index (χ2v) is 3.39. The normalized spacial score (nSPS) is 13.0. The number of halogens is 2. The first-order chi connectivity index (χ1) is 5.54. The molecule has 1 atom stereocenters. The number of phenolic OH excluding ortho intramolecular Hbond substituents is 1. The van der Waals surface area contributed by atoms with Gasteiger partial charge < -0.3 is 10.8 Å². The van der Waals surface area contributed by atoms with Gasteiger partial charge in [-0.25, -0.2) is 0 Å². The van der Waals surface area contributed by atoms with Gasteiger partial charge in [0.1, 0.15) is 5.75 Å². The molecule has 0 amide bonds. The van der Waals surface area contributed by atoms with Crippen LogP contribution in [0.1, 0.15) is 18.5 Å². The van der Waals surface area contributed by atoms with E-state index in [1.165, 1.54) is 6.07 Å². The van der Waals surface area contributed by atoms with Crippen LogP contribution in [0, 0.1) is 0 Å². The lowest BCUT2D eigenvalue weighted by Crippen LogP contribution is -2.06. The summed E-state index contributed by atoms with van der Waals surface area (Å²) < 4.78 is 0. The van der Waals surface area contributed by atoms with Gasteiger partial charge in [-0.1, -0.05) is 23.2 Å². The number of hydrogen-bond acceptors (Lipinski definition) is 2. The molecule has 12 heavy (non-hydrogen) atoms. The first-order valence-electron chi connectivity index (χ1n) is 3.46. The van der Waals surface area contributed by atoms with Gasteiger partial charge in [-0.2, -0.15) is 0 Å². The number of hydrogen-bond donors (Lipinski definition) is 2. The number of aromatic hydroxyl groups is 1. The molecule has 1 rings (SSSR count). The van der Waals surface area contributed by atoms with Crippen molar-refractivity contribution < 1.29 is 5.11 Å². The molecule has 0 spiro atoms. The summed E-state index contributed by atoms with van der Waals surface area (Å²) in [5.74, 6) is -0.0285. The molecule has 0 aliphatic heterocycles. The van der Waals surface area contributed by atoms with Crippen LogP contribution in [0.15, 0.2) is 12.1 Å². The Morgan fingerprint density at radius 2 is 1.83 bits per heavy atom. The van der Waals surface area contributed by atoms with Crippen LogP contribution >= 0.6 is 23.2 Å². The summed E-state index contributed by atoms with van der Waals surface area (Å²) in [6.07, 6.45) is 0. The quantitative estimate of drug-likeness (QED) is 0.741. The summed E-state index contributed by atoms with van der Waals surface area (Å²) in [6, 6.07) is 2.82. The molecule has 0 saturated heterocycles. The van der Waals surface area contributed by atoms with Gasteiger partial charge in [0.2, 0.25) is 0 Å². The van der Waals surface area contributed by atoms with Crippen LogP contribution in [0.25, 0.3) is 0 Å². The van der Waals surface area contributed by atoms with Gasteiger partial charge in [-0.3, -0.25) is 0 Å². The Bertz CT molecular complexity index is 299. The fourth-order valence-corrected chi connectivity index (χ4v) is 1.48. The minimum atomic E-state index is -0.323. The van der Waals surface area contributed by atoms with Crippen LogP contribution in [-0.2, 0) is 0 Å². The molecular weight excluding hydrogens is 197 g/mol. The number of rotatable bonds is 1. The molecule has 0 fully saturated rings. The van der Waals surface area contributed by atoms with Crippen molar-refractivity contribution >= 4 is 23.2 Å². The molecule has 3 N–H and O–H groups in total. The fourth-order valence-electron chi connectivity index (χ4n) is 0.990. The third kappa shape index (κ3) is 1.66. The van der Waals surface area contributed by atoms with Crippen LogP contribution in [0.2, 0.25) is 10.0 Å². The molecular formula is C8H9Cl2NO. The van der Waals surface area contributed by atoms with Gasteiger partial charge in [-0.15, -0.1) is 0 Å². The van der Waals surface area contributed by atoms with Gasteiger partial charge in [0.15, 0.2) is 0 Å². The summed E-state index contributed by atoms with van der Waals surface area (Å²) in [5.41, 5.74) is 6.07. The Labute approximate surface area is 80.9 Å². The van der Waals surface area contributed by atoms with Gasteiger partial charge in [0.25, 0.3) is 0 Å². The largest absolute Gasteiger partial charge is 0.506 e. The standard InChI is InChI=1S/C8H9Cl2NO/c1-4(11)7-5(9)2-3-6(10)8(7)12/h2-4,12H,11H2,1H3. The van der Waals surface area contributed by atoms with E-state index >= 15 is 0 Å². The van der Waals surface area contributed by atoms with Crippen molar-refractivity contribution in [1.82, 2.24) is 0 Å². The lowest BCUT2D eigenvalue weighted by atomic mass is 10.1. The maximum absolute atomic E-state index is 9.45. The van der Waals surface area contributed by atoms with Gasteiger partial charge in [0.05, 0.1) is 5.02 Å². The Morgan fingerprint density at radius 3 is 2.25 bits per heavy atom. The topological polar surface area (TPSA) is 46.2 Å². The van der Waals surface area contributed by atoms with Gasteiger partial charge in [-0.05, 0) is 19.1 Å². The summed E-state index contributed by atoms with van der Waals surface area (Å²) in [5, 5.41) is 10.2. The Hall–Kier alpha value is -0.440. The molecule has 1 unspecified atom stereocenters. The lowest BCUT2D eigenvalue weighted by molar-refractivity contribution is 0.464. The molecule has 0 saturated carbocycles. The summed E-state index contributed by atoms with van der Waals surface area (Å²) in [7, 11) is 0. The molecule has 1 aromatic rings. The average molecular weight is 206 g/mol. The third-order valence-corrected chi connectivity index (χ3v) is 2.20. The Morgan fingerprint density at radius 1 is 1.33 bits per heavy atom. The van der Waals surface area contributed by atoms with Crippen LogP contribution in [-0.4, -0.2) is 5.11 Å². The van der Waals surface area contributed by atoms with Crippen LogP contribution in [0.5, 0.6) is 5.75 Å². The van der Waals surface area contributed by atoms with Gasteiger partial charge in [0, 0.05) is 16.6 Å². The van der Waals surface area contributed by atoms with Crippen molar-refractivity contribution in [2.24, 2.45) is 5.73 Å². The second-order valence-electron chi connectivity index (χ2n) is 2.58. The Kier molecular flexibility index (Phi) is 2.83. The summed E-state index contributed by atoms with van der Waals surface area (Å²) in [6.45, 7) is 1.73. The van der Waals surface area contributed by atoms with Crippen molar-refractivity contribution in [3.8, 4) is 5.75 Å². The first-order valence-corrected chi connectivity index (χ1v) is 4.22. The molecule has 0 aliphatic carbocycles. The van der Waals surface area contributed by atoms with Crippen LogP contribution in [0.3, 0.4) is 0 Å². The Balaban J connectivity index is 3.33. The zero-order chi connectivity index (χ0) is 9.30. The maximum atomic E-state index is 9.45. The molecule has 4 heteroatoms. The van der Waals surface area contributed by atoms with Crippen molar-refractivity contribution in [1.29, 1.82) is 0 Å². The highest BCUT2D eigenvalue weighted by Gasteiger charge is 2.13. The highest BCUT2D eigenvalue weighted by molar-refractivity contribution is 6.34. The van der Waals surface area contributed by atoms with E-state index in [0.29, 0.717) is 10.6 Å². The number of nitrogens with two attached hydrogens (primary N) is 1. The van der Waals surface area contributed by atoms with Gasteiger partial charge >= 0.3 is 0 Å². The second kappa shape index (κ2) is 3.52. The number of phenols is 1. The number of benzene rings is 1. The van der Waals surface area contributed by atoms with E-state index in [-0.39, 0.29) is 16.8 Å². The molecule has 1 aromatic carbocycles. The first kappa shape index (κ1) is 9.65. The monoisotopic (exact) mass is 205 g/mol. The predicted octanol–water partition coefficient (Wildman–Crippen LogP) is 2.72. The van der Waals surface area contributed by atoms with E-state index in [4.69, 9.17) is 28.9 Å². The molecule has 0 radical (unpaired) electrons. The zero-order valence-corrected chi connectivity index (χ0v) is 8.02. The van der Waals surface area contributed by atoms with Crippen molar-refractivity contribution in [3.05, 3.63) is 27.7 Å². The molecule has 2 nitrogen and oxygen atoms in total. The maximum Gasteiger partial charge on any atom is 0.140 e. The highest BCUT2D eigenvalue weighted by atomic mass is 35.5. The predicted molar refractivity (Wildman–Crippen MR) is 50.7 cm³/mol. The summed E-state index contributed by atoms with van der Waals surface area (Å²) >= 11 is 11.5. The third-order valence-electron chi connectivity index (χ3n) is 1.57. The SMILES string of the molecule is CC(N)c1c(Cl)ccc(Cl)c1O. The van der Waals surface area contributed by atoms with E-state index in [9.17, 15) is 5.11 Å². The van der Waals surface area contributed by atoms with E-state index in [2.05, 4.69) is 0 Å². The minimum Gasteiger partial charge on any atom is -0.506 e. The fraction of sp³-hybridized carbons (Fsp3) is 0.250. The van der Waals surface area contributed by atoms with E-state index in [1.807, 2.05) is 0 Å². The molecule has 66 valence electrons.